The molecule has 0 saturated heterocycles. The molecule has 0 aromatic heterocycles. The topological polar surface area (TPSA) is 124 Å². The van der Waals surface area contributed by atoms with Gasteiger partial charge in [0, 0.05) is 12.8 Å². The van der Waals surface area contributed by atoms with E-state index in [-0.39, 0.29) is 11.5 Å². The van der Waals surface area contributed by atoms with Crippen LogP contribution in [0.4, 0.5) is 0 Å². The van der Waals surface area contributed by atoms with Gasteiger partial charge in [0.05, 0.1) is 54.8 Å². The van der Waals surface area contributed by atoms with Gasteiger partial charge in [0.25, 0.3) is 0 Å². The molecule has 10 nitrogen and oxygen atoms in total. The van der Waals surface area contributed by atoms with Crippen LogP contribution in [0.25, 0.3) is 0 Å². The molecule has 10 heteroatoms. The third-order valence-electron chi connectivity index (χ3n) is 3.59. The van der Waals surface area contributed by atoms with Gasteiger partial charge in [0.2, 0.25) is 0 Å². The summed E-state index contributed by atoms with van der Waals surface area (Å²) in [5, 5.41) is 0. The van der Waals surface area contributed by atoms with Crippen LogP contribution in [0, 0.1) is 5.41 Å². The van der Waals surface area contributed by atoms with E-state index in [0.717, 1.165) is 40.6 Å². The largest absolute Gasteiger partial charge is 0.501 e. The first-order valence-corrected chi connectivity index (χ1v) is 7.56. The number of allylic oxidation sites excluding steroid dienone is 2. The van der Waals surface area contributed by atoms with E-state index in [1.165, 1.54) is 14.2 Å². The normalized spacial score (nSPS) is 11.9. The Kier molecular flexibility index (Phi) is 10.3. The zero-order valence-electron chi connectivity index (χ0n) is 16.2. The molecule has 0 aliphatic rings. The summed E-state index contributed by atoms with van der Waals surface area (Å²) in [6.45, 7) is 0. The average molecular weight is 388 g/mol. The molecule has 0 radical (unpaired) electrons. The van der Waals surface area contributed by atoms with Crippen LogP contribution in [-0.2, 0) is 47.6 Å². The van der Waals surface area contributed by atoms with E-state index < -0.39 is 42.1 Å². The summed E-state index contributed by atoms with van der Waals surface area (Å²) in [6, 6.07) is 0. The van der Waals surface area contributed by atoms with Crippen molar-refractivity contribution in [3.8, 4) is 0 Å². The second-order valence-corrected chi connectivity index (χ2v) is 5.09. The number of carbonyl (C=O) groups is 4. The van der Waals surface area contributed by atoms with Gasteiger partial charge in [-0.05, 0) is 0 Å². The fraction of sp³-hybridized carbons (Fsp3) is 0.529. The molecule has 0 aromatic rings. The summed E-state index contributed by atoms with van der Waals surface area (Å²) in [4.78, 5) is 48.1. The van der Waals surface area contributed by atoms with E-state index in [2.05, 4.69) is 9.47 Å². The lowest BCUT2D eigenvalue weighted by Crippen LogP contribution is -2.42. The molecule has 0 fully saturated rings. The zero-order valence-corrected chi connectivity index (χ0v) is 16.2. The van der Waals surface area contributed by atoms with Crippen molar-refractivity contribution in [2.45, 2.75) is 12.8 Å². The van der Waals surface area contributed by atoms with Crippen LogP contribution < -0.4 is 0 Å². The van der Waals surface area contributed by atoms with Gasteiger partial charge in [-0.2, -0.15) is 0 Å². The van der Waals surface area contributed by atoms with Crippen LogP contribution in [0.1, 0.15) is 12.8 Å². The fourth-order valence-electron chi connectivity index (χ4n) is 2.17. The van der Waals surface area contributed by atoms with Gasteiger partial charge in [0.1, 0.15) is 11.5 Å². The van der Waals surface area contributed by atoms with Crippen LogP contribution in [-0.4, -0.2) is 66.5 Å². The molecule has 0 bridgehead atoms. The van der Waals surface area contributed by atoms with Crippen LogP contribution in [0.3, 0.4) is 0 Å². The lowest BCUT2D eigenvalue weighted by atomic mass is 9.79. The standard InChI is InChI=1S/C17H24O10/c1-22-11(7-13(18)24-3)9-17(15(20)26-5,16(21)27-6)10-12(23-2)8-14(19)25-4/h7-8H,9-10H2,1-6H3/b11-7-,12-8-. The Morgan fingerprint density at radius 1 is 0.593 bits per heavy atom. The van der Waals surface area contributed by atoms with Gasteiger partial charge in [-0.15, -0.1) is 0 Å². The molecule has 0 unspecified atom stereocenters. The predicted molar refractivity (Wildman–Crippen MR) is 89.9 cm³/mol. The third-order valence-corrected chi connectivity index (χ3v) is 3.59. The number of hydrogen-bond donors (Lipinski definition) is 0. The zero-order chi connectivity index (χ0) is 21.0. The summed E-state index contributed by atoms with van der Waals surface area (Å²) in [5.74, 6) is -3.57. The molecule has 0 rings (SSSR count). The molecule has 0 saturated carbocycles. The van der Waals surface area contributed by atoms with E-state index in [0.29, 0.717) is 0 Å². The lowest BCUT2D eigenvalue weighted by molar-refractivity contribution is -0.170. The smallest absolute Gasteiger partial charge is 0.333 e. The second kappa shape index (κ2) is 11.6. The molecular formula is C17H24O10. The van der Waals surface area contributed by atoms with Crippen molar-refractivity contribution in [3.63, 3.8) is 0 Å². The van der Waals surface area contributed by atoms with Gasteiger partial charge in [-0.25, -0.2) is 9.59 Å². The van der Waals surface area contributed by atoms with Crippen molar-refractivity contribution in [1.82, 2.24) is 0 Å². The summed E-state index contributed by atoms with van der Waals surface area (Å²) in [5.41, 5.74) is -1.99. The number of esters is 4. The molecule has 0 amide bonds. The Balaban J connectivity index is 6.28. The number of rotatable bonds is 10. The van der Waals surface area contributed by atoms with Crippen LogP contribution in [0.5, 0.6) is 0 Å². The molecule has 27 heavy (non-hydrogen) atoms. The Bertz CT molecular complexity index is 563. The highest BCUT2D eigenvalue weighted by molar-refractivity contribution is 6.01. The highest BCUT2D eigenvalue weighted by atomic mass is 16.6. The Hall–Kier alpha value is -3.04. The first kappa shape index (κ1) is 24.0. The molecule has 0 aliphatic heterocycles. The van der Waals surface area contributed by atoms with Crippen molar-refractivity contribution < 1.29 is 47.6 Å². The fourth-order valence-corrected chi connectivity index (χ4v) is 2.17. The number of carbonyl (C=O) groups excluding carboxylic acids is 4. The van der Waals surface area contributed by atoms with Crippen molar-refractivity contribution in [3.05, 3.63) is 23.7 Å². The summed E-state index contributed by atoms with van der Waals surface area (Å²) >= 11 is 0. The molecule has 0 N–H and O–H groups in total. The highest BCUT2D eigenvalue weighted by Crippen LogP contribution is 2.37. The van der Waals surface area contributed by atoms with E-state index in [4.69, 9.17) is 18.9 Å². The molecule has 0 spiro atoms. The Morgan fingerprint density at radius 3 is 1.15 bits per heavy atom. The Labute approximate surface area is 157 Å². The monoisotopic (exact) mass is 388 g/mol. The van der Waals surface area contributed by atoms with Crippen molar-refractivity contribution in [2.24, 2.45) is 5.41 Å². The first-order chi connectivity index (χ1) is 12.7. The van der Waals surface area contributed by atoms with Crippen molar-refractivity contribution in [1.29, 1.82) is 0 Å². The minimum Gasteiger partial charge on any atom is -0.501 e. The third kappa shape index (κ3) is 6.65. The van der Waals surface area contributed by atoms with Gasteiger partial charge in [0.15, 0.2) is 5.41 Å². The lowest BCUT2D eigenvalue weighted by Gasteiger charge is -2.29. The summed E-state index contributed by atoms with van der Waals surface area (Å²) in [7, 11) is 6.95. The molecule has 0 heterocycles. The number of methoxy groups -OCH3 is 6. The minimum absolute atomic E-state index is 0.0498. The molecule has 0 aromatic carbocycles. The maximum Gasteiger partial charge on any atom is 0.333 e. The van der Waals surface area contributed by atoms with E-state index in [1.54, 1.807) is 0 Å². The molecule has 152 valence electrons. The van der Waals surface area contributed by atoms with Gasteiger partial charge < -0.3 is 28.4 Å². The number of hydrogen-bond acceptors (Lipinski definition) is 10. The van der Waals surface area contributed by atoms with Crippen molar-refractivity contribution >= 4 is 23.9 Å². The maximum absolute atomic E-state index is 12.5. The second-order valence-electron chi connectivity index (χ2n) is 5.09. The van der Waals surface area contributed by atoms with Crippen LogP contribution in [0.2, 0.25) is 0 Å². The average Bonchev–Trinajstić information content (AvgIpc) is 2.69. The predicted octanol–water partition coefficient (Wildman–Crippen LogP) is 0.506. The van der Waals surface area contributed by atoms with E-state index >= 15 is 0 Å². The maximum atomic E-state index is 12.5. The van der Waals surface area contributed by atoms with E-state index in [9.17, 15) is 19.2 Å². The summed E-state index contributed by atoms with van der Waals surface area (Å²) in [6.07, 6.45) is 1.11. The quantitative estimate of drug-likeness (QED) is 0.172. The molecule has 0 aliphatic carbocycles. The SMILES string of the molecule is COC(=O)/C=C(/CC(C/C(=C/C(=O)OC)OC)(C(=O)OC)C(=O)OC)OC. The van der Waals surface area contributed by atoms with E-state index in [1.807, 2.05) is 0 Å². The molecule has 0 atom stereocenters. The van der Waals surface area contributed by atoms with Crippen LogP contribution in [0.15, 0.2) is 23.7 Å². The summed E-state index contributed by atoms with van der Waals surface area (Å²) < 4.78 is 28.7. The number of ether oxygens (including phenoxy) is 6. The van der Waals surface area contributed by atoms with Crippen molar-refractivity contribution in [2.75, 3.05) is 42.7 Å². The minimum atomic E-state index is -1.99. The van der Waals surface area contributed by atoms with Crippen LogP contribution >= 0.6 is 0 Å². The van der Waals surface area contributed by atoms with Gasteiger partial charge in [-0.1, -0.05) is 0 Å². The van der Waals surface area contributed by atoms with Gasteiger partial charge >= 0.3 is 23.9 Å². The highest BCUT2D eigenvalue weighted by Gasteiger charge is 2.50. The molecular weight excluding hydrogens is 364 g/mol. The Morgan fingerprint density at radius 2 is 0.926 bits per heavy atom. The van der Waals surface area contributed by atoms with Gasteiger partial charge in [-0.3, -0.25) is 9.59 Å². The first-order valence-electron chi connectivity index (χ1n) is 7.56.